The smallest absolute Gasteiger partial charge is 0.408 e. The third-order valence-electron chi connectivity index (χ3n) is 7.60. The Morgan fingerprint density at radius 3 is 2.64 bits per heavy atom. The first kappa shape index (κ1) is 26.5. The fourth-order valence-electron chi connectivity index (χ4n) is 5.95. The van der Waals surface area contributed by atoms with Crippen molar-refractivity contribution < 1.29 is 19.4 Å². The Balaban J connectivity index is 1.53. The maximum absolute atomic E-state index is 13.7. The van der Waals surface area contributed by atoms with E-state index in [1.54, 1.807) is 24.3 Å². The minimum Gasteiger partial charge on any atom is -0.494 e. The van der Waals surface area contributed by atoms with E-state index in [9.17, 15) is 14.7 Å². The summed E-state index contributed by atoms with van der Waals surface area (Å²) in [6, 6.07) is 9.31. The number of methoxy groups -OCH3 is 1. The van der Waals surface area contributed by atoms with Crippen LogP contribution in [-0.4, -0.2) is 77.8 Å². The van der Waals surface area contributed by atoms with Crippen LogP contribution >= 0.6 is 0 Å². The molecule has 1 aromatic carbocycles. The van der Waals surface area contributed by atoms with Crippen LogP contribution in [0.3, 0.4) is 0 Å². The molecule has 10 nitrogen and oxygen atoms in total. The number of benzene rings is 1. The summed E-state index contributed by atoms with van der Waals surface area (Å²) in [7, 11) is 3.54. The number of aryl methyl sites for hydroxylation is 2. The third kappa shape index (κ3) is 4.57. The number of hydrogen-bond acceptors (Lipinski definition) is 5. The first-order valence-electron chi connectivity index (χ1n) is 13.4. The van der Waals surface area contributed by atoms with Crippen molar-refractivity contribution in [1.82, 2.24) is 28.9 Å². The number of amides is 2. The maximum atomic E-state index is 13.7. The van der Waals surface area contributed by atoms with Crippen LogP contribution in [-0.2, 0) is 13.6 Å². The minimum absolute atomic E-state index is 0.154. The number of rotatable bonds is 5. The van der Waals surface area contributed by atoms with Crippen molar-refractivity contribution in [2.24, 2.45) is 7.05 Å². The molecule has 0 spiro atoms. The topological polar surface area (TPSA) is 106 Å². The molecule has 0 radical (unpaired) electrons. The van der Waals surface area contributed by atoms with Gasteiger partial charge in [-0.15, -0.1) is 0 Å². The Morgan fingerprint density at radius 2 is 1.97 bits per heavy atom. The highest BCUT2D eigenvalue weighted by atomic mass is 16.5. The van der Waals surface area contributed by atoms with E-state index in [0.717, 1.165) is 47.5 Å². The number of ether oxygens (including phenoxy) is 1. The van der Waals surface area contributed by atoms with Crippen LogP contribution in [0.25, 0.3) is 33.6 Å². The lowest BCUT2D eigenvalue weighted by atomic mass is 9.97. The molecule has 206 valence electrons. The summed E-state index contributed by atoms with van der Waals surface area (Å²) in [5.74, 6) is 1.16. The molecular weight excluding hydrogens is 496 g/mol. The first-order chi connectivity index (χ1) is 18.5. The number of imidazole rings is 1. The van der Waals surface area contributed by atoms with Crippen LogP contribution in [0.2, 0.25) is 0 Å². The number of carbonyl (C=O) groups is 2. The van der Waals surface area contributed by atoms with E-state index in [4.69, 9.17) is 9.72 Å². The Hall–Kier alpha value is -4.08. The van der Waals surface area contributed by atoms with Crippen molar-refractivity contribution in [2.45, 2.75) is 58.7 Å². The van der Waals surface area contributed by atoms with Gasteiger partial charge in [0.15, 0.2) is 5.82 Å². The average molecular weight is 533 g/mol. The SMILES string of the molecule is CCn1c(-c2nc3cc(C(=O)N4CCC[C@@H](N(C(=O)O)C(C)(C)C)C4)cc(OC)c3n2C)cc2ncccc21. The van der Waals surface area contributed by atoms with E-state index in [2.05, 4.69) is 16.5 Å². The lowest BCUT2D eigenvalue weighted by molar-refractivity contribution is 0.0315. The number of pyridine rings is 1. The summed E-state index contributed by atoms with van der Waals surface area (Å²) in [6.45, 7) is 9.41. The number of likely N-dealkylation sites (tertiary alicyclic amines) is 1. The molecule has 0 unspecified atom stereocenters. The number of nitrogens with zero attached hydrogens (tertiary/aromatic N) is 6. The second-order valence-electron chi connectivity index (χ2n) is 11.1. The monoisotopic (exact) mass is 532 g/mol. The highest BCUT2D eigenvalue weighted by molar-refractivity contribution is 6.00. The van der Waals surface area contributed by atoms with Gasteiger partial charge in [-0.3, -0.25) is 14.7 Å². The van der Waals surface area contributed by atoms with Crippen LogP contribution in [0, 0.1) is 0 Å². The van der Waals surface area contributed by atoms with Crippen LogP contribution in [0.4, 0.5) is 4.79 Å². The van der Waals surface area contributed by atoms with Gasteiger partial charge in [0.05, 0.1) is 35.4 Å². The molecule has 0 bridgehead atoms. The Labute approximate surface area is 227 Å². The molecule has 10 heteroatoms. The molecule has 1 aliphatic heterocycles. The van der Waals surface area contributed by atoms with Gasteiger partial charge >= 0.3 is 6.09 Å². The van der Waals surface area contributed by atoms with E-state index in [0.29, 0.717) is 29.9 Å². The van der Waals surface area contributed by atoms with Gasteiger partial charge in [-0.25, -0.2) is 9.78 Å². The number of aromatic nitrogens is 4. The highest BCUT2D eigenvalue weighted by Gasteiger charge is 2.37. The van der Waals surface area contributed by atoms with E-state index in [-0.39, 0.29) is 11.9 Å². The fraction of sp³-hybridized carbons (Fsp3) is 0.448. The van der Waals surface area contributed by atoms with Crippen LogP contribution in [0.15, 0.2) is 36.5 Å². The summed E-state index contributed by atoms with van der Waals surface area (Å²) in [5, 5.41) is 9.89. The Morgan fingerprint density at radius 1 is 1.21 bits per heavy atom. The van der Waals surface area contributed by atoms with E-state index < -0.39 is 11.6 Å². The molecule has 3 aromatic heterocycles. The van der Waals surface area contributed by atoms with Gasteiger partial charge in [0.25, 0.3) is 5.91 Å². The van der Waals surface area contributed by atoms with Crippen LogP contribution in [0.1, 0.15) is 50.9 Å². The number of piperidine rings is 1. The first-order valence-corrected chi connectivity index (χ1v) is 13.4. The number of carbonyl (C=O) groups excluding carboxylic acids is 1. The van der Waals surface area contributed by atoms with Crippen molar-refractivity contribution in [3.05, 3.63) is 42.1 Å². The second kappa shape index (κ2) is 9.91. The summed E-state index contributed by atoms with van der Waals surface area (Å²) in [6.07, 6.45) is 2.27. The van der Waals surface area contributed by atoms with Gasteiger partial charge in [0.1, 0.15) is 11.3 Å². The second-order valence-corrected chi connectivity index (χ2v) is 11.1. The zero-order valence-electron chi connectivity index (χ0n) is 23.4. The summed E-state index contributed by atoms with van der Waals surface area (Å²) in [4.78, 5) is 38.5. The molecule has 39 heavy (non-hydrogen) atoms. The quantitative estimate of drug-likeness (QED) is 0.388. The van der Waals surface area contributed by atoms with Crippen LogP contribution < -0.4 is 4.74 Å². The van der Waals surface area contributed by atoms with Crippen molar-refractivity contribution in [3.8, 4) is 17.3 Å². The zero-order valence-corrected chi connectivity index (χ0v) is 23.4. The molecule has 4 heterocycles. The van der Waals surface area contributed by atoms with Gasteiger partial charge in [-0.05, 0) is 70.9 Å². The van der Waals surface area contributed by atoms with Crippen molar-refractivity contribution in [1.29, 1.82) is 0 Å². The van der Waals surface area contributed by atoms with Gasteiger partial charge < -0.3 is 23.9 Å². The predicted octanol–water partition coefficient (Wildman–Crippen LogP) is 5.00. The number of hydrogen-bond donors (Lipinski definition) is 1. The molecule has 1 saturated heterocycles. The molecule has 1 fully saturated rings. The van der Waals surface area contributed by atoms with Gasteiger partial charge in [-0.1, -0.05) is 0 Å². The fourth-order valence-corrected chi connectivity index (χ4v) is 5.95. The van der Waals surface area contributed by atoms with Gasteiger partial charge in [0.2, 0.25) is 0 Å². The summed E-state index contributed by atoms with van der Waals surface area (Å²) in [5.41, 5.74) is 4.24. The van der Waals surface area contributed by atoms with Crippen molar-refractivity contribution in [3.63, 3.8) is 0 Å². The molecular formula is C29H36N6O4. The van der Waals surface area contributed by atoms with Gasteiger partial charge in [-0.2, -0.15) is 0 Å². The minimum atomic E-state index is -0.967. The van der Waals surface area contributed by atoms with Crippen LogP contribution in [0.5, 0.6) is 5.75 Å². The molecule has 0 saturated carbocycles. The van der Waals surface area contributed by atoms with E-state index in [1.807, 2.05) is 56.7 Å². The zero-order chi connectivity index (χ0) is 28.1. The molecule has 0 aliphatic carbocycles. The van der Waals surface area contributed by atoms with E-state index in [1.165, 1.54) is 4.90 Å². The highest BCUT2D eigenvalue weighted by Crippen LogP contribution is 2.34. The van der Waals surface area contributed by atoms with Gasteiger partial charge in [0, 0.05) is 44.0 Å². The van der Waals surface area contributed by atoms with Crippen molar-refractivity contribution in [2.75, 3.05) is 20.2 Å². The largest absolute Gasteiger partial charge is 0.494 e. The molecule has 1 atom stereocenters. The number of fused-ring (bicyclic) bond motifs is 2. The predicted molar refractivity (Wildman–Crippen MR) is 150 cm³/mol. The lowest BCUT2D eigenvalue weighted by Gasteiger charge is -2.44. The lowest BCUT2D eigenvalue weighted by Crippen LogP contribution is -2.57. The standard InChI is InChI=1S/C29H36N6O4/c1-7-34-22-11-8-12-30-20(22)16-23(34)26-31-21-14-18(15-24(39-6)25(21)32(26)5)27(36)33-13-9-10-19(17-33)35(28(37)38)29(2,3)4/h8,11-12,14-16,19H,7,9-10,13,17H2,1-6H3,(H,37,38)/t19-/m1/s1. The Bertz CT molecular complexity index is 1560. The average Bonchev–Trinajstić information content (AvgIpc) is 3.43. The maximum Gasteiger partial charge on any atom is 0.408 e. The molecule has 5 rings (SSSR count). The molecule has 1 N–H and O–H groups in total. The third-order valence-corrected chi connectivity index (χ3v) is 7.60. The number of carboxylic acid groups (broad SMARTS) is 1. The summed E-state index contributed by atoms with van der Waals surface area (Å²) < 4.78 is 9.92. The molecule has 2 amide bonds. The normalized spacial score (nSPS) is 16.2. The van der Waals surface area contributed by atoms with E-state index >= 15 is 0 Å². The van der Waals surface area contributed by atoms with Crippen molar-refractivity contribution >= 4 is 34.1 Å². The molecule has 1 aliphatic rings. The Kier molecular flexibility index (Phi) is 6.74. The molecule has 4 aromatic rings. The summed E-state index contributed by atoms with van der Waals surface area (Å²) >= 11 is 0.